The van der Waals surface area contributed by atoms with E-state index < -0.39 is 0 Å². The second kappa shape index (κ2) is 9.33. The number of halogens is 1. The van der Waals surface area contributed by atoms with Crippen molar-refractivity contribution in [2.24, 2.45) is 0 Å². The van der Waals surface area contributed by atoms with Crippen LogP contribution in [-0.2, 0) is 0 Å². The zero-order valence-corrected chi connectivity index (χ0v) is 18.2. The van der Waals surface area contributed by atoms with Crippen LogP contribution in [0.3, 0.4) is 0 Å². The fraction of sp³-hybridized carbons (Fsp3) is 0.179. The minimum absolute atomic E-state index is 0.0325. The molecule has 5 heteroatoms. The lowest BCUT2D eigenvalue weighted by Gasteiger charge is -2.32. The first-order valence-electron chi connectivity index (χ1n) is 11.2. The van der Waals surface area contributed by atoms with Crippen LogP contribution in [0.5, 0.6) is 0 Å². The summed E-state index contributed by atoms with van der Waals surface area (Å²) in [7, 11) is 0. The summed E-state index contributed by atoms with van der Waals surface area (Å²) in [5.41, 5.74) is 4.50. The fourth-order valence-electron chi connectivity index (χ4n) is 4.36. The van der Waals surface area contributed by atoms with Gasteiger partial charge in [-0.05, 0) is 54.3 Å². The van der Waals surface area contributed by atoms with Gasteiger partial charge in [0.05, 0.1) is 0 Å². The summed E-state index contributed by atoms with van der Waals surface area (Å²) in [5, 5.41) is 0. The third kappa shape index (κ3) is 4.67. The smallest absolute Gasteiger partial charge is 0.253 e. The number of piperidine rings is 1. The number of benzene rings is 3. The van der Waals surface area contributed by atoms with E-state index in [0.717, 1.165) is 41.1 Å². The number of aromatic nitrogens is 2. The van der Waals surface area contributed by atoms with Gasteiger partial charge in [0.25, 0.3) is 5.91 Å². The van der Waals surface area contributed by atoms with Gasteiger partial charge in [-0.2, -0.15) is 0 Å². The summed E-state index contributed by atoms with van der Waals surface area (Å²) in [6, 6.07) is 25.9. The van der Waals surface area contributed by atoms with Crippen LogP contribution in [0.2, 0.25) is 0 Å². The highest BCUT2D eigenvalue weighted by Gasteiger charge is 2.26. The monoisotopic (exact) mass is 437 g/mol. The van der Waals surface area contributed by atoms with Crippen molar-refractivity contribution in [1.29, 1.82) is 0 Å². The van der Waals surface area contributed by atoms with Crippen molar-refractivity contribution in [3.63, 3.8) is 0 Å². The van der Waals surface area contributed by atoms with Crippen LogP contribution in [0.25, 0.3) is 22.5 Å². The summed E-state index contributed by atoms with van der Waals surface area (Å²) >= 11 is 0. The van der Waals surface area contributed by atoms with E-state index in [1.165, 1.54) is 12.1 Å². The molecule has 0 spiro atoms. The summed E-state index contributed by atoms with van der Waals surface area (Å²) in [6.07, 6.45) is 3.56. The second-order valence-corrected chi connectivity index (χ2v) is 8.33. The van der Waals surface area contributed by atoms with Crippen molar-refractivity contribution in [1.82, 2.24) is 14.9 Å². The number of hydrogen-bond acceptors (Lipinski definition) is 3. The van der Waals surface area contributed by atoms with Crippen molar-refractivity contribution in [2.45, 2.75) is 18.8 Å². The van der Waals surface area contributed by atoms with Gasteiger partial charge < -0.3 is 4.90 Å². The zero-order chi connectivity index (χ0) is 22.6. The predicted molar refractivity (Wildman–Crippen MR) is 127 cm³/mol. The van der Waals surface area contributed by atoms with Gasteiger partial charge in [-0.15, -0.1) is 0 Å². The van der Waals surface area contributed by atoms with Gasteiger partial charge in [0, 0.05) is 42.0 Å². The Labute approximate surface area is 192 Å². The first-order valence-corrected chi connectivity index (χ1v) is 11.2. The molecular formula is C28H24FN3O. The number of rotatable bonds is 4. The molecule has 0 saturated carbocycles. The molecule has 1 aliphatic heterocycles. The maximum Gasteiger partial charge on any atom is 0.253 e. The van der Waals surface area contributed by atoms with Crippen molar-refractivity contribution >= 4 is 5.91 Å². The Balaban J connectivity index is 1.27. The van der Waals surface area contributed by atoms with Crippen LogP contribution in [0, 0.1) is 5.82 Å². The molecule has 2 heterocycles. The van der Waals surface area contributed by atoms with Gasteiger partial charge in [-0.3, -0.25) is 4.79 Å². The number of carbonyl (C=O) groups is 1. The van der Waals surface area contributed by atoms with Gasteiger partial charge in [0.2, 0.25) is 0 Å². The van der Waals surface area contributed by atoms with Gasteiger partial charge in [-0.1, -0.05) is 54.6 Å². The molecule has 4 nitrogen and oxygen atoms in total. The van der Waals surface area contributed by atoms with Crippen LogP contribution < -0.4 is 0 Å². The van der Waals surface area contributed by atoms with Crippen molar-refractivity contribution in [3.8, 4) is 22.5 Å². The maximum absolute atomic E-state index is 13.2. The molecule has 0 bridgehead atoms. The molecule has 0 radical (unpaired) electrons. The summed E-state index contributed by atoms with van der Waals surface area (Å²) in [5.74, 6) is 0.813. The van der Waals surface area contributed by atoms with Crippen molar-refractivity contribution in [2.75, 3.05) is 13.1 Å². The molecule has 1 fully saturated rings. The molecule has 33 heavy (non-hydrogen) atoms. The number of likely N-dealkylation sites (tertiary alicyclic amines) is 1. The van der Waals surface area contributed by atoms with Gasteiger partial charge in [0.1, 0.15) is 5.82 Å². The molecule has 0 unspecified atom stereocenters. The average Bonchev–Trinajstić information content (AvgIpc) is 2.89. The molecular weight excluding hydrogens is 413 g/mol. The molecule has 1 amide bonds. The largest absolute Gasteiger partial charge is 0.339 e. The molecule has 3 aromatic carbocycles. The van der Waals surface area contributed by atoms with Crippen LogP contribution in [0.1, 0.15) is 34.8 Å². The Morgan fingerprint density at radius 3 is 2.30 bits per heavy atom. The van der Waals surface area contributed by atoms with E-state index in [4.69, 9.17) is 4.98 Å². The van der Waals surface area contributed by atoms with Gasteiger partial charge >= 0.3 is 0 Å². The van der Waals surface area contributed by atoms with Crippen LogP contribution in [0.15, 0.2) is 91.1 Å². The zero-order valence-electron chi connectivity index (χ0n) is 18.2. The Hall–Kier alpha value is -3.86. The molecule has 0 N–H and O–H groups in total. The summed E-state index contributed by atoms with van der Waals surface area (Å²) in [4.78, 5) is 24.3. The molecule has 164 valence electrons. The van der Waals surface area contributed by atoms with E-state index in [-0.39, 0.29) is 11.7 Å². The standard InChI is InChI=1S/C28H24FN3O/c29-25-11-9-20(10-12-25)23-7-4-8-24(19-23)28(33)32-17-14-21(15-18-32)26-13-16-30-27(31-26)22-5-2-1-3-6-22/h1-13,16,19,21H,14-15,17-18H2. The summed E-state index contributed by atoms with van der Waals surface area (Å²) < 4.78 is 13.2. The van der Waals surface area contributed by atoms with E-state index >= 15 is 0 Å². The molecule has 5 rings (SSSR count). The van der Waals surface area contributed by atoms with E-state index in [0.29, 0.717) is 24.6 Å². The third-order valence-corrected chi connectivity index (χ3v) is 6.20. The van der Waals surface area contributed by atoms with Gasteiger partial charge in [-0.25, -0.2) is 14.4 Å². The number of amides is 1. The van der Waals surface area contributed by atoms with Crippen LogP contribution in [-0.4, -0.2) is 33.9 Å². The van der Waals surface area contributed by atoms with E-state index in [1.807, 2.05) is 71.8 Å². The minimum atomic E-state index is -0.270. The molecule has 4 aromatic rings. The Morgan fingerprint density at radius 1 is 0.818 bits per heavy atom. The Kier molecular flexibility index (Phi) is 5.94. The lowest BCUT2D eigenvalue weighted by Crippen LogP contribution is -2.38. The molecule has 1 aliphatic rings. The highest BCUT2D eigenvalue weighted by molar-refractivity contribution is 5.95. The topological polar surface area (TPSA) is 46.1 Å². The Morgan fingerprint density at radius 2 is 1.55 bits per heavy atom. The van der Waals surface area contributed by atoms with Crippen molar-refractivity contribution in [3.05, 3.63) is 108 Å². The van der Waals surface area contributed by atoms with E-state index in [9.17, 15) is 9.18 Å². The number of hydrogen-bond donors (Lipinski definition) is 0. The van der Waals surface area contributed by atoms with E-state index in [2.05, 4.69) is 4.98 Å². The highest BCUT2D eigenvalue weighted by Crippen LogP contribution is 2.29. The number of carbonyl (C=O) groups excluding carboxylic acids is 1. The molecule has 1 aromatic heterocycles. The average molecular weight is 438 g/mol. The molecule has 0 atom stereocenters. The maximum atomic E-state index is 13.2. The normalized spacial score (nSPS) is 14.3. The van der Waals surface area contributed by atoms with Crippen LogP contribution in [0.4, 0.5) is 4.39 Å². The molecule has 1 saturated heterocycles. The first kappa shape index (κ1) is 21.0. The van der Waals surface area contributed by atoms with Crippen molar-refractivity contribution < 1.29 is 9.18 Å². The first-order chi connectivity index (χ1) is 16.2. The molecule has 0 aliphatic carbocycles. The second-order valence-electron chi connectivity index (χ2n) is 8.33. The fourth-order valence-corrected chi connectivity index (χ4v) is 4.36. The quantitative estimate of drug-likeness (QED) is 0.395. The summed E-state index contributed by atoms with van der Waals surface area (Å²) in [6.45, 7) is 1.38. The van der Waals surface area contributed by atoms with Crippen LogP contribution >= 0.6 is 0 Å². The lowest BCUT2D eigenvalue weighted by atomic mass is 9.92. The predicted octanol–water partition coefficient (Wildman–Crippen LogP) is 5.97. The third-order valence-electron chi connectivity index (χ3n) is 6.20. The number of nitrogens with zero attached hydrogens (tertiary/aromatic N) is 3. The minimum Gasteiger partial charge on any atom is -0.339 e. The highest BCUT2D eigenvalue weighted by atomic mass is 19.1. The Bertz CT molecular complexity index is 1250. The lowest BCUT2D eigenvalue weighted by molar-refractivity contribution is 0.0712. The SMILES string of the molecule is O=C(c1cccc(-c2ccc(F)cc2)c1)N1CCC(c2ccnc(-c3ccccc3)n2)CC1. The van der Waals surface area contributed by atoms with Gasteiger partial charge in [0.15, 0.2) is 5.82 Å². The van der Waals surface area contributed by atoms with E-state index in [1.54, 1.807) is 12.1 Å².